The van der Waals surface area contributed by atoms with Crippen LogP contribution in [-0.2, 0) is 0 Å². The van der Waals surface area contributed by atoms with Gasteiger partial charge in [0.2, 0.25) is 5.78 Å². The number of fused-ring (bicyclic) bond motifs is 1. The number of rotatable bonds is 7. The summed E-state index contributed by atoms with van der Waals surface area (Å²) in [6.45, 7) is 4.06. The maximum atomic E-state index is 14.1. The molecule has 0 fully saturated rings. The normalized spacial score (nSPS) is 11.0. The summed E-state index contributed by atoms with van der Waals surface area (Å²) in [5.41, 5.74) is 1.83. The minimum absolute atomic E-state index is 0.0175. The fourth-order valence-corrected chi connectivity index (χ4v) is 3.77. The lowest BCUT2D eigenvalue weighted by molar-refractivity contribution is 0.101. The molecule has 0 aliphatic heterocycles. The van der Waals surface area contributed by atoms with Crippen molar-refractivity contribution in [1.29, 1.82) is 0 Å². The molecule has 1 N–H and O–H groups in total. The van der Waals surface area contributed by atoms with Gasteiger partial charge in [-0.1, -0.05) is 29.4 Å². The molecule has 36 heavy (non-hydrogen) atoms. The number of para-hydroxylation sites is 1. The first-order valence-electron chi connectivity index (χ1n) is 11.3. The molecule has 0 unspecified atom stereocenters. The second-order valence-corrected chi connectivity index (χ2v) is 8.08. The smallest absolute Gasteiger partial charge is 0.277 e. The van der Waals surface area contributed by atoms with E-state index < -0.39 is 17.5 Å². The molecule has 0 aliphatic rings. The number of hydrogen-bond donors (Lipinski definition) is 1. The molecule has 0 bridgehead atoms. The number of aryl methyl sites for hydroxylation is 1. The Hall–Kier alpha value is -4.72. The molecule has 2 aromatic heterocycles. The molecule has 8 heteroatoms. The topological polar surface area (TPSA) is 94.6 Å². The van der Waals surface area contributed by atoms with E-state index in [4.69, 9.17) is 13.7 Å². The zero-order valence-electron chi connectivity index (χ0n) is 19.5. The summed E-state index contributed by atoms with van der Waals surface area (Å²) in [5.74, 6) is -0.653. The summed E-state index contributed by atoms with van der Waals surface area (Å²) in [5, 5.41) is 7.13. The van der Waals surface area contributed by atoms with Crippen molar-refractivity contribution in [3.8, 4) is 17.1 Å². The van der Waals surface area contributed by atoms with Crippen LogP contribution in [-0.4, -0.2) is 23.5 Å². The first kappa shape index (κ1) is 23.0. The molecule has 0 radical (unpaired) electrons. The second kappa shape index (κ2) is 9.50. The number of halogens is 1. The molecule has 5 rings (SSSR count). The van der Waals surface area contributed by atoms with Crippen molar-refractivity contribution in [3.63, 3.8) is 0 Å². The van der Waals surface area contributed by atoms with Gasteiger partial charge in [-0.15, -0.1) is 0 Å². The summed E-state index contributed by atoms with van der Waals surface area (Å²) in [6, 6.07) is 19.8. The molecule has 3 aromatic carbocycles. The number of nitrogens with one attached hydrogen (secondary N) is 1. The van der Waals surface area contributed by atoms with Crippen LogP contribution in [0.5, 0.6) is 5.75 Å². The molecule has 1 amide bonds. The summed E-state index contributed by atoms with van der Waals surface area (Å²) in [6.07, 6.45) is 0. The van der Waals surface area contributed by atoms with E-state index in [1.54, 1.807) is 55.5 Å². The lowest BCUT2D eigenvalue weighted by atomic mass is 10.0. The van der Waals surface area contributed by atoms with E-state index >= 15 is 0 Å². The number of nitrogens with zero attached hydrogens (tertiary/aromatic N) is 1. The number of ketones is 1. The van der Waals surface area contributed by atoms with Crippen LogP contribution in [0.3, 0.4) is 0 Å². The molecular weight excluding hydrogens is 463 g/mol. The van der Waals surface area contributed by atoms with E-state index in [-0.39, 0.29) is 22.7 Å². The Bertz CT molecular complexity index is 1580. The predicted molar refractivity (Wildman–Crippen MR) is 132 cm³/mol. The highest BCUT2D eigenvalue weighted by Crippen LogP contribution is 2.33. The van der Waals surface area contributed by atoms with E-state index in [1.807, 2.05) is 6.92 Å². The zero-order valence-corrected chi connectivity index (χ0v) is 19.5. The molecular formula is C28H21FN2O5. The van der Waals surface area contributed by atoms with Gasteiger partial charge in [-0.25, -0.2) is 4.39 Å². The van der Waals surface area contributed by atoms with E-state index in [9.17, 15) is 14.0 Å². The van der Waals surface area contributed by atoms with Crippen molar-refractivity contribution >= 4 is 28.3 Å². The van der Waals surface area contributed by atoms with Crippen LogP contribution in [0.4, 0.5) is 10.1 Å². The number of amides is 1. The standard InChI is InChI=1S/C28H21FN2O5/c1-3-34-19-12-10-17(11-13-19)24-15-22(31-36-24)28(33)30-25-20-6-4-5-7-23(20)35-27(25)26(32)18-9-8-16(2)21(29)14-18/h4-15H,3H2,1-2H3,(H,30,33). The van der Waals surface area contributed by atoms with E-state index in [0.29, 0.717) is 28.9 Å². The minimum Gasteiger partial charge on any atom is -0.494 e. The third kappa shape index (κ3) is 4.36. The average Bonchev–Trinajstić information content (AvgIpc) is 3.52. The molecule has 0 aliphatic carbocycles. The lowest BCUT2D eigenvalue weighted by Gasteiger charge is -2.05. The number of aromatic nitrogens is 1. The average molecular weight is 484 g/mol. The molecule has 0 atom stereocenters. The third-order valence-electron chi connectivity index (χ3n) is 5.67. The maximum Gasteiger partial charge on any atom is 0.277 e. The van der Waals surface area contributed by atoms with Gasteiger partial charge in [0, 0.05) is 22.6 Å². The number of hydrogen-bond acceptors (Lipinski definition) is 6. The Kier molecular flexibility index (Phi) is 6.08. The Labute approximate surface area is 205 Å². The van der Waals surface area contributed by atoms with Gasteiger partial charge in [-0.2, -0.15) is 0 Å². The van der Waals surface area contributed by atoms with Crippen molar-refractivity contribution in [1.82, 2.24) is 5.16 Å². The number of carbonyl (C=O) groups excluding carboxylic acids is 2. The highest BCUT2D eigenvalue weighted by molar-refractivity contribution is 6.18. The van der Waals surface area contributed by atoms with Gasteiger partial charge in [0.1, 0.15) is 17.1 Å². The maximum absolute atomic E-state index is 14.1. The van der Waals surface area contributed by atoms with Crippen LogP contribution in [0, 0.1) is 12.7 Å². The monoisotopic (exact) mass is 484 g/mol. The zero-order chi connectivity index (χ0) is 25.2. The SMILES string of the molecule is CCOc1ccc(-c2cc(C(=O)Nc3c(C(=O)c4ccc(C)c(F)c4)oc4ccccc34)no2)cc1. The molecule has 2 heterocycles. The van der Waals surface area contributed by atoms with Crippen LogP contribution < -0.4 is 10.1 Å². The van der Waals surface area contributed by atoms with Gasteiger partial charge in [0.05, 0.1) is 12.3 Å². The molecule has 5 aromatic rings. The quantitative estimate of drug-likeness (QED) is 0.268. The van der Waals surface area contributed by atoms with Crippen LogP contribution >= 0.6 is 0 Å². The fourth-order valence-electron chi connectivity index (χ4n) is 3.77. The second-order valence-electron chi connectivity index (χ2n) is 8.08. The summed E-state index contributed by atoms with van der Waals surface area (Å²) < 4.78 is 30.7. The van der Waals surface area contributed by atoms with Crippen LogP contribution in [0.2, 0.25) is 0 Å². The first-order valence-corrected chi connectivity index (χ1v) is 11.3. The van der Waals surface area contributed by atoms with Crippen LogP contribution in [0.25, 0.3) is 22.3 Å². The number of carbonyl (C=O) groups is 2. The van der Waals surface area contributed by atoms with Gasteiger partial charge in [-0.05, 0) is 61.9 Å². The Morgan fingerprint density at radius 1 is 1.03 bits per heavy atom. The van der Waals surface area contributed by atoms with E-state index in [2.05, 4.69) is 10.5 Å². The number of benzene rings is 3. The molecule has 0 saturated heterocycles. The van der Waals surface area contributed by atoms with Gasteiger partial charge in [0.25, 0.3) is 5.91 Å². The number of anilines is 1. The molecule has 0 saturated carbocycles. The molecule has 180 valence electrons. The first-order chi connectivity index (χ1) is 17.4. The van der Waals surface area contributed by atoms with Crippen molar-refractivity contribution in [2.45, 2.75) is 13.8 Å². The van der Waals surface area contributed by atoms with Gasteiger partial charge in [0.15, 0.2) is 17.2 Å². The van der Waals surface area contributed by atoms with E-state index in [1.165, 1.54) is 18.2 Å². The third-order valence-corrected chi connectivity index (χ3v) is 5.67. The largest absolute Gasteiger partial charge is 0.494 e. The van der Waals surface area contributed by atoms with Crippen molar-refractivity contribution in [2.75, 3.05) is 11.9 Å². The Morgan fingerprint density at radius 2 is 1.81 bits per heavy atom. The minimum atomic E-state index is -0.591. The number of furan rings is 1. The Morgan fingerprint density at radius 3 is 2.56 bits per heavy atom. The van der Waals surface area contributed by atoms with Crippen LogP contribution in [0.1, 0.15) is 39.1 Å². The highest BCUT2D eigenvalue weighted by Gasteiger charge is 2.25. The number of ether oxygens (including phenoxy) is 1. The fraction of sp³-hybridized carbons (Fsp3) is 0.107. The lowest BCUT2D eigenvalue weighted by Crippen LogP contribution is -2.14. The summed E-state index contributed by atoms with van der Waals surface area (Å²) in [4.78, 5) is 26.3. The van der Waals surface area contributed by atoms with Crippen molar-refractivity contribution in [2.24, 2.45) is 0 Å². The molecule has 7 nitrogen and oxygen atoms in total. The Balaban J connectivity index is 1.45. The highest BCUT2D eigenvalue weighted by atomic mass is 19.1. The van der Waals surface area contributed by atoms with Crippen LogP contribution in [0.15, 0.2) is 81.7 Å². The van der Waals surface area contributed by atoms with E-state index in [0.717, 1.165) is 17.4 Å². The van der Waals surface area contributed by atoms with Gasteiger partial charge in [-0.3, -0.25) is 9.59 Å². The van der Waals surface area contributed by atoms with Crippen molar-refractivity contribution < 1.29 is 27.7 Å². The summed E-state index contributed by atoms with van der Waals surface area (Å²) in [7, 11) is 0. The molecule has 0 spiro atoms. The predicted octanol–water partition coefficient (Wildman–Crippen LogP) is 6.42. The summed E-state index contributed by atoms with van der Waals surface area (Å²) >= 11 is 0. The van der Waals surface area contributed by atoms with Gasteiger partial charge < -0.3 is 19.0 Å². The van der Waals surface area contributed by atoms with Crippen molar-refractivity contribution in [3.05, 3.63) is 101 Å². The van der Waals surface area contributed by atoms with Gasteiger partial charge >= 0.3 is 0 Å².